The van der Waals surface area contributed by atoms with Crippen molar-refractivity contribution in [2.45, 2.75) is 20.0 Å². The zero-order valence-corrected chi connectivity index (χ0v) is 8.69. The van der Waals surface area contributed by atoms with Crippen molar-refractivity contribution in [1.29, 1.82) is 0 Å². The molecular weight excluding hydrogens is 188 g/mol. The molecule has 5 heteroatoms. The predicted molar refractivity (Wildman–Crippen MR) is 50.0 cm³/mol. The molecule has 0 saturated carbocycles. The highest BCUT2D eigenvalue weighted by molar-refractivity contribution is 5.70. The quantitative estimate of drug-likeness (QED) is 0.565. The van der Waals surface area contributed by atoms with Crippen LogP contribution in [0.25, 0.3) is 0 Å². The Hall–Kier alpha value is -0.650. The van der Waals surface area contributed by atoms with E-state index in [0.717, 1.165) is 0 Å². The zero-order chi connectivity index (χ0) is 10.8. The van der Waals surface area contributed by atoms with Gasteiger partial charge in [-0.05, 0) is 13.8 Å². The molecule has 0 radical (unpaired) electrons. The maximum Gasteiger partial charge on any atom is 0.332 e. The molecule has 0 spiro atoms. The fourth-order valence-electron chi connectivity index (χ4n) is 0.791. The van der Waals surface area contributed by atoms with E-state index < -0.39 is 12.1 Å². The Kier molecular flexibility index (Phi) is 8.51. The van der Waals surface area contributed by atoms with E-state index >= 15 is 0 Å². The third-order valence-electron chi connectivity index (χ3n) is 1.45. The van der Waals surface area contributed by atoms with Gasteiger partial charge in [-0.25, -0.2) is 4.79 Å². The lowest BCUT2D eigenvalue weighted by molar-refractivity contribution is -0.152. The summed E-state index contributed by atoms with van der Waals surface area (Å²) < 4.78 is 14.8. The molecular formula is C9H18O5. The van der Waals surface area contributed by atoms with Gasteiger partial charge in [0.1, 0.15) is 12.7 Å². The second-order valence-corrected chi connectivity index (χ2v) is 2.58. The first-order valence-corrected chi connectivity index (χ1v) is 4.70. The minimum Gasteiger partial charge on any atom is -0.464 e. The maximum atomic E-state index is 10.9. The summed E-state index contributed by atoms with van der Waals surface area (Å²) in [6, 6.07) is 0. The topological polar surface area (TPSA) is 65.0 Å². The first-order valence-electron chi connectivity index (χ1n) is 4.70. The van der Waals surface area contributed by atoms with Crippen molar-refractivity contribution in [2.75, 3.05) is 33.0 Å². The summed E-state index contributed by atoms with van der Waals surface area (Å²) in [5.41, 5.74) is 0. The van der Waals surface area contributed by atoms with Crippen molar-refractivity contribution in [3.63, 3.8) is 0 Å². The van der Waals surface area contributed by atoms with Crippen molar-refractivity contribution in [3.05, 3.63) is 0 Å². The van der Waals surface area contributed by atoms with E-state index in [-0.39, 0.29) is 19.8 Å². The number of aliphatic hydroxyl groups is 1. The third-order valence-corrected chi connectivity index (χ3v) is 1.45. The lowest BCUT2D eigenvalue weighted by Gasteiger charge is -2.14. The smallest absolute Gasteiger partial charge is 0.332 e. The number of hydrogen-bond acceptors (Lipinski definition) is 5. The monoisotopic (exact) mass is 206 g/mol. The Balaban J connectivity index is 3.55. The molecule has 0 bridgehead atoms. The number of hydrogen-bond donors (Lipinski definition) is 1. The molecule has 1 N–H and O–H groups in total. The van der Waals surface area contributed by atoms with Crippen LogP contribution in [0.4, 0.5) is 0 Å². The highest BCUT2D eigenvalue weighted by Crippen LogP contribution is 1.93. The van der Waals surface area contributed by atoms with Crippen LogP contribution in [-0.2, 0) is 19.0 Å². The first-order chi connectivity index (χ1) is 6.74. The molecule has 0 saturated heterocycles. The summed E-state index contributed by atoms with van der Waals surface area (Å²) in [4.78, 5) is 10.9. The molecule has 0 aromatic rings. The van der Waals surface area contributed by atoms with E-state index in [9.17, 15) is 4.79 Å². The summed E-state index contributed by atoms with van der Waals surface area (Å²) in [5.74, 6) is -0.428. The third kappa shape index (κ3) is 6.82. The van der Waals surface area contributed by atoms with Crippen LogP contribution in [0.3, 0.4) is 0 Å². The Labute approximate surface area is 84.0 Å². The Bertz CT molecular complexity index is 148. The molecule has 0 rings (SSSR count). The molecule has 84 valence electrons. The van der Waals surface area contributed by atoms with E-state index in [2.05, 4.69) is 4.74 Å². The van der Waals surface area contributed by atoms with Gasteiger partial charge in [0.25, 0.3) is 0 Å². The standard InChI is InChI=1S/C9H18O5/c1-3-12-6-8(5-10)14-7-9(11)13-4-2/h8,10H,3-7H2,1-2H3. The predicted octanol–water partition coefficient (Wildman–Crippen LogP) is -0.0365. The van der Waals surface area contributed by atoms with E-state index in [0.29, 0.717) is 13.2 Å². The Morgan fingerprint density at radius 2 is 2.07 bits per heavy atom. The Morgan fingerprint density at radius 1 is 1.36 bits per heavy atom. The Morgan fingerprint density at radius 3 is 2.57 bits per heavy atom. The fraction of sp³-hybridized carbons (Fsp3) is 0.889. The van der Waals surface area contributed by atoms with Crippen molar-refractivity contribution < 1.29 is 24.1 Å². The molecule has 0 fully saturated rings. The molecule has 14 heavy (non-hydrogen) atoms. The van der Waals surface area contributed by atoms with Gasteiger partial charge in [-0.2, -0.15) is 0 Å². The average Bonchev–Trinajstić information content (AvgIpc) is 2.19. The number of carbonyl (C=O) groups excluding carboxylic acids is 1. The number of rotatable bonds is 8. The summed E-state index contributed by atoms with van der Waals surface area (Å²) >= 11 is 0. The minimum atomic E-state index is -0.459. The number of carbonyl (C=O) groups is 1. The van der Waals surface area contributed by atoms with Crippen LogP contribution in [0.15, 0.2) is 0 Å². The molecule has 0 aliphatic carbocycles. The maximum absolute atomic E-state index is 10.9. The van der Waals surface area contributed by atoms with Gasteiger partial charge in [0.05, 0.1) is 19.8 Å². The summed E-state index contributed by atoms with van der Waals surface area (Å²) in [6.07, 6.45) is -0.459. The van der Waals surface area contributed by atoms with E-state index in [1.807, 2.05) is 6.92 Å². The highest BCUT2D eigenvalue weighted by atomic mass is 16.6. The van der Waals surface area contributed by atoms with Crippen LogP contribution in [0, 0.1) is 0 Å². The van der Waals surface area contributed by atoms with Gasteiger partial charge in [-0.1, -0.05) is 0 Å². The van der Waals surface area contributed by atoms with Crippen molar-refractivity contribution in [1.82, 2.24) is 0 Å². The average molecular weight is 206 g/mol. The molecule has 0 aliphatic heterocycles. The molecule has 0 aromatic heterocycles. The van der Waals surface area contributed by atoms with Gasteiger partial charge < -0.3 is 19.3 Å². The summed E-state index contributed by atoms with van der Waals surface area (Å²) in [6.45, 7) is 4.43. The second kappa shape index (κ2) is 8.93. The SMILES string of the molecule is CCOCC(CO)OCC(=O)OCC. The summed E-state index contributed by atoms with van der Waals surface area (Å²) in [5, 5.41) is 8.84. The van der Waals surface area contributed by atoms with Crippen molar-refractivity contribution >= 4 is 5.97 Å². The second-order valence-electron chi connectivity index (χ2n) is 2.58. The molecule has 0 aromatic carbocycles. The van der Waals surface area contributed by atoms with Gasteiger partial charge in [-0.15, -0.1) is 0 Å². The van der Waals surface area contributed by atoms with E-state index in [1.54, 1.807) is 6.92 Å². The van der Waals surface area contributed by atoms with Crippen LogP contribution >= 0.6 is 0 Å². The van der Waals surface area contributed by atoms with Gasteiger partial charge in [0.2, 0.25) is 0 Å². The molecule has 0 heterocycles. The molecule has 0 aliphatic rings. The van der Waals surface area contributed by atoms with Gasteiger partial charge in [0.15, 0.2) is 0 Å². The van der Waals surface area contributed by atoms with E-state index in [1.165, 1.54) is 0 Å². The number of aliphatic hydroxyl groups excluding tert-OH is 1. The highest BCUT2D eigenvalue weighted by Gasteiger charge is 2.10. The number of ether oxygens (including phenoxy) is 3. The normalized spacial score (nSPS) is 12.5. The first kappa shape index (κ1) is 13.4. The number of esters is 1. The molecule has 1 unspecified atom stereocenters. The van der Waals surface area contributed by atoms with Gasteiger partial charge in [0, 0.05) is 6.61 Å². The molecule has 0 amide bonds. The van der Waals surface area contributed by atoms with Crippen LogP contribution in [0.5, 0.6) is 0 Å². The van der Waals surface area contributed by atoms with Crippen LogP contribution in [0.2, 0.25) is 0 Å². The van der Waals surface area contributed by atoms with Gasteiger partial charge in [-0.3, -0.25) is 0 Å². The van der Waals surface area contributed by atoms with Crippen LogP contribution in [0.1, 0.15) is 13.8 Å². The van der Waals surface area contributed by atoms with Crippen molar-refractivity contribution in [3.8, 4) is 0 Å². The lowest BCUT2D eigenvalue weighted by atomic mass is 10.4. The lowest BCUT2D eigenvalue weighted by Crippen LogP contribution is -2.27. The largest absolute Gasteiger partial charge is 0.464 e. The van der Waals surface area contributed by atoms with Crippen LogP contribution in [-0.4, -0.2) is 50.2 Å². The zero-order valence-electron chi connectivity index (χ0n) is 8.69. The molecule has 5 nitrogen and oxygen atoms in total. The van der Waals surface area contributed by atoms with Crippen LogP contribution < -0.4 is 0 Å². The van der Waals surface area contributed by atoms with E-state index in [4.69, 9.17) is 14.6 Å². The summed E-state index contributed by atoms with van der Waals surface area (Å²) in [7, 11) is 0. The molecule has 1 atom stereocenters. The minimum absolute atomic E-state index is 0.147. The fourth-order valence-corrected chi connectivity index (χ4v) is 0.791. The van der Waals surface area contributed by atoms with Crippen molar-refractivity contribution in [2.24, 2.45) is 0 Å². The van der Waals surface area contributed by atoms with Gasteiger partial charge >= 0.3 is 5.97 Å².